The van der Waals surface area contributed by atoms with E-state index in [0.29, 0.717) is 18.8 Å². The molecule has 2 N–H and O–H groups in total. The van der Waals surface area contributed by atoms with Gasteiger partial charge in [-0.25, -0.2) is 0 Å². The average molecular weight is 260 g/mol. The van der Waals surface area contributed by atoms with Crippen LogP contribution in [0, 0.1) is 0 Å². The normalized spacial score (nSPS) is 12.1. The number of nitrogens with two attached hydrogens (primary N) is 1. The summed E-state index contributed by atoms with van der Waals surface area (Å²) in [6.07, 6.45) is 2.05. The van der Waals surface area contributed by atoms with E-state index >= 15 is 0 Å². The number of hydrogen-bond donors (Lipinski definition) is 1. The summed E-state index contributed by atoms with van der Waals surface area (Å²) in [4.78, 5) is 11.4. The fourth-order valence-electron chi connectivity index (χ4n) is 1.76. The first-order valence-corrected chi connectivity index (χ1v) is 6.13. The molecule has 0 fully saturated rings. The molecule has 1 aromatic carbocycles. The number of aromatic nitrogens is 1. The maximum Gasteiger partial charge on any atom is 0.323 e. The molecule has 19 heavy (non-hydrogen) atoms. The lowest BCUT2D eigenvalue weighted by molar-refractivity contribution is -0.144. The molecule has 0 spiro atoms. The van der Waals surface area contributed by atoms with Crippen LogP contribution in [-0.2, 0) is 16.0 Å². The summed E-state index contributed by atoms with van der Waals surface area (Å²) in [5, 5.41) is 3.66. The molecule has 1 heterocycles. The first-order valence-electron chi connectivity index (χ1n) is 6.13. The zero-order chi connectivity index (χ0) is 13.7. The highest BCUT2D eigenvalue weighted by Gasteiger charge is 2.15. The number of nitrogens with zero attached hydrogens (tertiary/aromatic N) is 1. The molecule has 0 radical (unpaired) electrons. The number of esters is 1. The maximum absolute atomic E-state index is 11.4. The molecule has 2 rings (SSSR count). The van der Waals surface area contributed by atoms with Crippen molar-refractivity contribution in [3.05, 3.63) is 42.1 Å². The summed E-state index contributed by atoms with van der Waals surface area (Å²) in [6.45, 7) is 2.10. The van der Waals surface area contributed by atoms with Gasteiger partial charge in [0.1, 0.15) is 6.04 Å². The molecule has 100 valence electrons. The van der Waals surface area contributed by atoms with Crippen molar-refractivity contribution >= 4 is 5.97 Å². The van der Waals surface area contributed by atoms with E-state index in [9.17, 15) is 4.79 Å². The highest BCUT2D eigenvalue weighted by molar-refractivity contribution is 5.75. The van der Waals surface area contributed by atoms with Crippen LogP contribution in [0.25, 0.3) is 11.3 Å². The molecule has 0 saturated heterocycles. The van der Waals surface area contributed by atoms with E-state index < -0.39 is 6.04 Å². The number of ether oxygens (including phenoxy) is 1. The summed E-state index contributed by atoms with van der Waals surface area (Å²) >= 11 is 0. The molecule has 0 unspecified atom stereocenters. The summed E-state index contributed by atoms with van der Waals surface area (Å²) in [5.41, 5.74) is 7.68. The first kappa shape index (κ1) is 13.3. The molecule has 0 bridgehead atoms. The van der Waals surface area contributed by atoms with Crippen molar-refractivity contribution < 1.29 is 14.1 Å². The van der Waals surface area contributed by atoms with Crippen LogP contribution in [0.3, 0.4) is 0 Å². The Balaban J connectivity index is 2.01. The van der Waals surface area contributed by atoms with Crippen molar-refractivity contribution in [3.8, 4) is 11.3 Å². The van der Waals surface area contributed by atoms with Gasteiger partial charge in [0, 0.05) is 11.6 Å². The molecular weight excluding hydrogens is 244 g/mol. The fourth-order valence-corrected chi connectivity index (χ4v) is 1.76. The summed E-state index contributed by atoms with van der Waals surface area (Å²) in [7, 11) is 0. The number of hydrogen-bond acceptors (Lipinski definition) is 5. The van der Waals surface area contributed by atoms with Crippen LogP contribution < -0.4 is 5.73 Å². The quantitative estimate of drug-likeness (QED) is 0.829. The van der Waals surface area contributed by atoms with Gasteiger partial charge in [-0.1, -0.05) is 29.4 Å². The molecule has 0 aliphatic heterocycles. The zero-order valence-corrected chi connectivity index (χ0v) is 10.7. The van der Waals surface area contributed by atoms with Gasteiger partial charge in [-0.3, -0.25) is 4.79 Å². The number of carbonyl (C=O) groups excluding carboxylic acids is 1. The largest absolute Gasteiger partial charge is 0.465 e. The minimum Gasteiger partial charge on any atom is -0.465 e. The Morgan fingerprint density at radius 3 is 2.68 bits per heavy atom. The number of benzene rings is 1. The Bertz CT molecular complexity index is 520. The van der Waals surface area contributed by atoms with Gasteiger partial charge in [-0.15, -0.1) is 0 Å². The minimum atomic E-state index is -0.629. The van der Waals surface area contributed by atoms with Gasteiger partial charge in [-0.05, 0) is 18.9 Å². The summed E-state index contributed by atoms with van der Waals surface area (Å²) in [5.74, 6) is 0.336. The van der Waals surface area contributed by atoms with Crippen molar-refractivity contribution in [2.75, 3.05) is 6.61 Å². The Morgan fingerprint density at radius 1 is 1.37 bits per heavy atom. The van der Waals surface area contributed by atoms with Gasteiger partial charge in [-0.2, -0.15) is 0 Å². The second kappa shape index (κ2) is 6.15. The molecule has 1 aromatic heterocycles. The lowest BCUT2D eigenvalue weighted by Gasteiger charge is -2.10. The van der Waals surface area contributed by atoms with Crippen molar-refractivity contribution in [2.45, 2.75) is 19.4 Å². The number of rotatable bonds is 5. The van der Waals surface area contributed by atoms with Gasteiger partial charge in [0.2, 0.25) is 0 Å². The van der Waals surface area contributed by atoms with E-state index in [1.165, 1.54) is 0 Å². The smallest absolute Gasteiger partial charge is 0.323 e. The highest BCUT2D eigenvalue weighted by atomic mass is 16.5. The fraction of sp³-hybridized carbons (Fsp3) is 0.286. The Labute approximate surface area is 111 Å². The van der Waals surface area contributed by atoms with Crippen LogP contribution >= 0.6 is 0 Å². The minimum absolute atomic E-state index is 0.344. The van der Waals surface area contributed by atoms with Gasteiger partial charge >= 0.3 is 5.97 Å². The van der Waals surface area contributed by atoms with Crippen molar-refractivity contribution in [1.29, 1.82) is 0 Å². The van der Waals surface area contributed by atoms with Crippen LogP contribution in [0.5, 0.6) is 0 Å². The van der Waals surface area contributed by atoms with Crippen LogP contribution in [0.15, 0.2) is 41.1 Å². The molecule has 0 amide bonds. The molecule has 0 saturated carbocycles. The highest BCUT2D eigenvalue weighted by Crippen LogP contribution is 2.19. The third-order valence-corrected chi connectivity index (χ3v) is 2.72. The maximum atomic E-state index is 11.4. The predicted octanol–water partition coefficient (Wildman–Crippen LogP) is 1.77. The Kier molecular flexibility index (Phi) is 4.30. The lowest BCUT2D eigenvalue weighted by Crippen LogP contribution is -2.34. The van der Waals surface area contributed by atoms with Crippen LogP contribution in [0.1, 0.15) is 12.5 Å². The molecular formula is C14H16N2O3. The monoisotopic (exact) mass is 260 g/mol. The second-order valence-electron chi connectivity index (χ2n) is 4.14. The summed E-state index contributed by atoms with van der Waals surface area (Å²) in [6, 6.07) is 8.81. The molecule has 5 nitrogen and oxygen atoms in total. The van der Waals surface area contributed by atoms with Gasteiger partial charge < -0.3 is 15.0 Å². The van der Waals surface area contributed by atoms with Gasteiger partial charge in [0.25, 0.3) is 0 Å². The van der Waals surface area contributed by atoms with Crippen LogP contribution in [0.4, 0.5) is 0 Å². The Hall–Kier alpha value is -2.14. The van der Waals surface area contributed by atoms with Crippen molar-refractivity contribution in [1.82, 2.24) is 5.16 Å². The van der Waals surface area contributed by atoms with E-state index in [1.54, 1.807) is 19.2 Å². The molecule has 5 heteroatoms. The van der Waals surface area contributed by atoms with E-state index in [0.717, 1.165) is 11.1 Å². The average Bonchev–Trinajstić information content (AvgIpc) is 2.94. The zero-order valence-electron chi connectivity index (χ0n) is 10.7. The van der Waals surface area contributed by atoms with E-state index in [1.807, 2.05) is 24.3 Å². The van der Waals surface area contributed by atoms with Crippen molar-refractivity contribution in [2.24, 2.45) is 5.73 Å². The van der Waals surface area contributed by atoms with Gasteiger partial charge in [0.05, 0.1) is 12.8 Å². The topological polar surface area (TPSA) is 78.4 Å². The molecule has 0 aliphatic rings. The predicted molar refractivity (Wildman–Crippen MR) is 70.3 cm³/mol. The molecule has 1 atom stereocenters. The van der Waals surface area contributed by atoms with E-state index in [4.69, 9.17) is 15.0 Å². The van der Waals surface area contributed by atoms with E-state index in [2.05, 4.69) is 5.16 Å². The Morgan fingerprint density at radius 2 is 2.11 bits per heavy atom. The van der Waals surface area contributed by atoms with Crippen LogP contribution in [0.2, 0.25) is 0 Å². The van der Waals surface area contributed by atoms with E-state index in [-0.39, 0.29) is 5.97 Å². The van der Waals surface area contributed by atoms with Crippen molar-refractivity contribution in [3.63, 3.8) is 0 Å². The molecule has 0 aliphatic carbocycles. The second-order valence-corrected chi connectivity index (χ2v) is 4.14. The SMILES string of the molecule is CCOC(=O)[C@@H](N)Cc1ccc(-c2ccno2)cc1. The number of carbonyl (C=O) groups is 1. The van der Waals surface area contributed by atoms with Gasteiger partial charge in [0.15, 0.2) is 5.76 Å². The van der Waals surface area contributed by atoms with Crippen LogP contribution in [-0.4, -0.2) is 23.8 Å². The standard InChI is InChI=1S/C14H16N2O3/c1-2-18-14(17)12(15)9-10-3-5-11(6-4-10)13-7-8-16-19-13/h3-8,12H,2,9,15H2,1H3/t12-/m0/s1. The summed E-state index contributed by atoms with van der Waals surface area (Å²) < 4.78 is 9.93. The first-order chi connectivity index (χ1) is 9.20. The third kappa shape index (κ3) is 3.42. The lowest BCUT2D eigenvalue weighted by atomic mass is 10.0. The molecule has 2 aromatic rings. The third-order valence-electron chi connectivity index (χ3n) is 2.72.